The monoisotopic (exact) mass is 386 g/mol. The number of aromatic amines is 1. The van der Waals surface area contributed by atoms with Gasteiger partial charge in [0.15, 0.2) is 0 Å². The summed E-state index contributed by atoms with van der Waals surface area (Å²) in [5.41, 5.74) is 1.61. The first-order chi connectivity index (χ1) is 11.4. The largest absolute Gasteiger partial charge is 0.361 e. The molecule has 0 unspecified atom stereocenters. The van der Waals surface area contributed by atoms with Gasteiger partial charge >= 0.3 is 0 Å². The first-order valence-corrected chi connectivity index (χ1v) is 9.31. The van der Waals surface area contributed by atoms with Gasteiger partial charge in [-0.1, -0.05) is 29.3 Å². The van der Waals surface area contributed by atoms with Crippen LogP contribution in [0, 0.1) is 5.82 Å². The molecule has 0 bridgehead atoms. The highest BCUT2D eigenvalue weighted by molar-refractivity contribution is 7.89. The molecule has 126 valence electrons. The molecule has 0 saturated heterocycles. The summed E-state index contributed by atoms with van der Waals surface area (Å²) in [6, 6.07) is 8.92. The summed E-state index contributed by atoms with van der Waals surface area (Å²) < 4.78 is 40.6. The van der Waals surface area contributed by atoms with E-state index in [0.717, 1.165) is 16.5 Å². The van der Waals surface area contributed by atoms with Crippen molar-refractivity contribution < 1.29 is 12.8 Å². The quantitative estimate of drug-likeness (QED) is 0.692. The minimum Gasteiger partial charge on any atom is -0.361 e. The standard InChI is InChI=1S/C16H13Cl2FN2O2S/c17-13-2-1-3-14(18)16(13)24(22,23)21-7-6-10-9-20-15-5-4-11(19)8-12(10)15/h1-5,8-9,20-21H,6-7H2. The topological polar surface area (TPSA) is 62.0 Å². The van der Waals surface area contributed by atoms with Crippen LogP contribution in [0.4, 0.5) is 4.39 Å². The number of nitrogens with one attached hydrogen (secondary N) is 2. The smallest absolute Gasteiger partial charge is 0.243 e. The molecule has 0 atom stereocenters. The van der Waals surface area contributed by atoms with Gasteiger partial charge in [-0.2, -0.15) is 0 Å². The van der Waals surface area contributed by atoms with Crippen molar-refractivity contribution in [3.63, 3.8) is 0 Å². The van der Waals surface area contributed by atoms with Crippen molar-refractivity contribution >= 4 is 44.1 Å². The van der Waals surface area contributed by atoms with Gasteiger partial charge in [0.2, 0.25) is 10.0 Å². The molecular formula is C16H13Cl2FN2O2S. The van der Waals surface area contributed by atoms with Gasteiger partial charge in [0.1, 0.15) is 10.7 Å². The lowest BCUT2D eigenvalue weighted by Crippen LogP contribution is -2.26. The van der Waals surface area contributed by atoms with Gasteiger partial charge in [-0.15, -0.1) is 0 Å². The minimum atomic E-state index is -3.83. The maximum atomic E-state index is 13.4. The lowest BCUT2D eigenvalue weighted by Gasteiger charge is -2.09. The highest BCUT2D eigenvalue weighted by Gasteiger charge is 2.21. The lowest BCUT2D eigenvalue weighted by atomic mass is 10.1. The van der Waals surface area contributed by atoms with Crippen LogP contribution in [0.15, 0.2) is 47.5 Å². The molecule has 0 amide bonds. The fraction of sp³-hybridized carbons (Fsp3) is 0.125. The normalized spacial score (nSPS) is 12.0. The minimum absolute atomic E-state index is 0.0594. The van der Waals surface area contributed by atoms with E-state index in [0.29, 0.717) is 6.42 Å². The van der Waals surface area contributed by atoms with Crippen LogP contribution in [-0.2, 0) is 16.4 Å². The highest BCUT2D eigenvalue weighted by atomic mass is 35.5. The third-order valence-electron chi connectivity index (χ3n) is 3.60. The van der Waals surface area contributed by atoms with E-state index in [2.05, 4.69) is 9.71 Å². The highest BCUT2D eigenvalue weighted by Crippen LogP contribution is 2.28. The van der Waals surface area contributed by atoms with Crippen LogP contribution in [0.1, 0.15) is 5.56 Å². The molecule has 3 rings (SSSR count). The van der Waals surface area contributed by atoms with E-state index in [4.69, 9.17) is 23.2 Å². The Bertz CT molecular complexity index is 982. The summed E-state index contributed by atoms with van der Waals surface area (Å²) in [5.74, 6) is -0.341. The maximum absolute atomic E-state index is 13.4. The number of hydrogen-bond donors (Lipinski definition) is 2. The lowest BCUT2D eigenvalue weighted by molar-refractivity contribution is 0.582. The van der Waals surface area contributed by atoms with E-state index < -0.39 is 10.0 Å². The van der Waals surface area contributed by atoms with Crippen LogP contribution in [0.2, 0.25) is 10.0 Å². The molecule has 0 fully saturated rings. The number of halogens is 3. The van der Waals surface area contributed by atoms with Crippen molar-refractivity contribution in [2.45, 2.75) is 11.3 Å². The second-order valence-electron chi connectivity index (χ2n) is 5.20. The molecule has 3 aromatic rings. The van der Waals surface area contributed by atoms with Crippen molar-refractivity contribution in [2.24, 2.45) is 0 Å². The third kappa shape index (κ3) is 3.42. The zero-order valence-corrected chi connectivity index (χ0v) is 14.6. The number of rotatable bonds is 5. The Balaban J connectivity index is 1.77. The van der Waals surface area contributed by atoms with E-state index in [1.54, 1.807) is 18.3 Å². The van der Waals surface area contributed by atoms with E-state index in [1.807, 2.05) is 0 Å². The fourth-order valence-electron chi connectivity index (χ4n) is 2.49. The summed E-state index contributed by atoms with van der Waals surface area (Å²) in [5, 5.41) is 0.846. The Morgan fingerprint density at radius 2 is 1.83 bits per heavy atom. The molecular weight excluding hydrogens is 374 g/mol. The predicted octanol–water partition coefficient (Wildman–Crippen LogP) is 4.13. The van der Waals surface area contributed by atoms with Crippen LogP contribution in [0.3, 0.4) is 0 Å². The summed E-state index contributed by atoms with van der Waals surface area (Å²) in [6.45, 7) is 0.132. The summed E-state index contributed by atoms with van der Waals surface area (Å²) in [6.07, 6.45) is 2.13. The van der Waals surface area contributed by atoms with E-state index >= 15 is 0 Å². The van der Waals surface area contributed by atoms with E-state index in [9.17, 15) is 12.8 Å². The van der Waals surface area contributed by atoms with Gasteiger partial charge < -0.3 is 4.98 Å². The number of benzene rings is 2. The second-order valence-corrected chi connectivity index (χ2v) is 7.72. The Kier molecular flexibility index (Phi) is 4.83. The summed E-state index contributed by atoms with van der Waals surface area (Å²) in [7, 11) is -3.83. The molecule has 0 aliphatic rings. The molecule has 1 heterocycles. The first kappa shape index (κ1) is 17.2. The number of hydrogen-bond acceptors (Lipinski definition) is 2. The molecule has 0 saturated carbocycles. The molecule has 1 aromatic heterocycles. The Labute approximate surface area is 148 Å². The van der Waals surface area contributed by atoms with Crippen LogP contribution in [0.5, 0.6) is 0 Å². The van der Waals surface area contributed by atoms with Gasteiger partial charge in [0, 0.05) is 23.6 Å². The van der Waals surface area contributed by atoms with Crippen molar-refractivity contribution in [1.29, 1.82) is 0 Å². The SMILES string of the molecule is O=S(=O)(NCCc1c[nH]c2ccc(F)cc12)c1c(Cl)cccc1Cl. The van der Waals surface area contributed by atoms with Crippen molar-refractivity contribution in [2.75, 3.05) is 6.54 Å². The molecule has 2 aromatic carbocycles. The average Bonchev–Trinajstić information content (AvgIpc) is 2.89. The van der Waals surface area contributed by atoms with Crippen LogP contribution in [-0.4, -0.2) is 19.9 Å². The van der Waals surface area contributed by atoms with Crippen LogP contribution < -0.4 is 4.72 Å². The summed E-state index contributed by atoms with van der Waals surface area (Å²) in [4.78, 5) is 2.89. The molecule has 0 aliphatic heterocycles. The van der Waals surface area contributed by atoms with Gasteiger partial charge in [-0.25, -0.2) is 17.5 Å². The van der Waals surface area contributed by atoms with Crippen molar-refractivity contribution in [1.82, 2.24) is 9.71 Å². The Morgan fingerprint density at radius 1 is 1.12 bits per heavy atom. The molecule has 8 heteroatoms. The number of aromatic nitrogens is 1. The van der Waals surface area contributed by atoms with Gasteiger partial charge in [-0.3, -0.25) is 0 Å². The molecule has 0 aliphatic carbocycles. The Morgan fingerprint density at radius 3 is 2.54 bits per heavy atom. The van der Waals surface area contributed by atoms with Gasteiger partial charge in [0.05, 0.1) is 10.0 Å². The summed E-state index contributed by atoms with van der Waals surface area (Å²) >= 11 is 11.9. The number of H-pyrrole nitrogens is 1. The second kappa shape index (κ2) is 6.72. The number of fused-ring (bicyclic) bond motifs is 1. The third-order valence-corrected chi connectivity index (χ3v) is 6.02. The zero-order chi connectivity index (χ0) is 17.3. The van der Waals surface area contributed by atoms with Gasteiger partial charge in [0.25, 0.3) is 0 Å². The van der Waals surface area contributed by atoms with Crippen LogP contribution in [0.25, 0.3) is 10.9 Å². The molecule has 4 nitrogen and oxygen atoms in total. The zero-order valence-electron chi connectivity index (χ0n) is 12.3. The molecule has 24 heavy (non-hydrogen) atoms. The van der Waals surface area contributed by atoms with Crippen molar-refractivity contribution in [3.8, 4) is 0 Å². The molecule has 0 spiro atoms. The van der Waals surface area contributed by atoms with Gasteiger partial charge in [-0.05, 0) is 42.3 Å². The van der Waals surface area contributed by atoms with E-state index in [-0.39, 0.29) is 27.3 Å². The predicted molar refractivity (Wildman–Crippen MR) is 93.6 cm³/mol. The molecule has 2 N–H and O–H groups in total. The first-order valence-electron chi connectivity index (χ1n) is 7.08. The Hall–Kier alpha value is -1.60. The molecule has 0 radical (unpaired) electrons. The number of sulfonamides is 1. The maximum Gasteiger partial charge on any atom is 0.243 e. The van der Waals surface area contributed by atoms with E-state index in [1.165, 1.54) is 24.3 Å². The fourth-order valence-corrected chi connectivity index (χ4v) is 4.66. The average molecular weight is 387 g/mol. The van der Waals surface area contributed by atoms with Crippen LogP contribution >= 0.6 is 23.2 Å². The van der Waals surface area contributed by atoms with Crippen molar-refractivity contribution in [3.05, 3.63) is 64.0 Å².